The normalized spacial score (nSPS) is 22.1. The molecule has 0 amide bonds. The molecule has 0 unspecified atom stereocenters. The molecule has 0 bridgehead atoms. The van der Waals surface area contributed by atoms with Crippen LogP contribution < -0.4 is 5.32 Å². The molecule has 0 radical (unpaired) electrons. The summed E-state index contributed by atoms with van der Waals surface area (Å²) in [5, 5.41) is 3.89. The molecular weight excluding hydrogens is 342 g/mol. The lowest BCUT2D eigenvalue weighted by atomic mass is 9.87. The summed E-state index contributed by atoms with van der Waals surface area (Å²) in [5.41, 5.74) is 3.87. The first-order chi connectivity index (χ1) is 13.8. The largest absolute Gasteiger partial charge is 0.372 e. The summed E-state index contributed by atoms with van der Waals surface area (Å²) in [4.78, 5) is 0. The van der Waals surface area contributed by atoms with Gasteiger partial charge in [-0.05, 0) is 23.1 Å². The number of benzene rings is 3. The summed E-state index contributed by atoms with van der Waals surface area (Å²) >= 11 is 0. The minimum Gasteiger partial charge on any atom is -0.372 e. The highest BCUT2D eigenvalue weighted by atomic mass is 16.5. The van der Waals surface area contributed by atoms with E-state index in [9.17, 15) is 0 Å². The van der Waals surface area contributed by atoms with Gasteiger partial charge in [0.2, 0.25) is 0 Å². The monoisotopic (exact) mass is 369 g/mol. The van der Waals surface area contributed by atoms with Crippen LogP contribution in [-0.4, -0.2) is 18.8 Å². The molecule has 0 spiro atoms. The van der Waals surface area contributed by atoms with Gasteiger partial charge in [-0.2, -0.15) is 0 Å². The molecule has 1 fully saturated rings. The fourth-order valence-corrected chi connectivity index (χ4v) is 4.09. The van der Waals surface area contributed by atoms with Crippen molar-refractivity contribution in [1.29, 1.82) is 0 Å². The Bertz CT molecular complexity index is 823. The highest BCUT2D eigenvalue weighted by Crippen LogP contribution is 2.32. The molecule has 142 valence electrons. The third-order valence-electron chi connectivity index (χ3n) is 5.57. The molecular formula is C26H27NO. The van der Waals surface area contributed by atoms with Gasteiger partial charge in [0.15, 0.2) is 0 Å². The fourth-order valence-electron chi connectivity index (χ4n) is 4.09. The van der Waals surface area contributed by atoms with E-state index in [1.165, 1.54) is 16.7 Å². The first-order valence-electron chi connectivity index (χ1n) is 10.00. The van der Waals surface area contributed by atoms with Gasteiger partial charge in [0.05, 0.1) is 18.8 Å². The van der Waals surface area contributed by atoms with E-state index < -0.39 is 0 Å². The van der Waals surface area contributed by atoms with Gasteiger partial charge < -0.3 is 10.1 Å². The zero-order valence-corrected chi connectivity index (χ0v) is 16.1. The number of hydrogen-bond acceptors (Lipinski definition) is 2. The average Bonchev–Trinajstić information content (AvgIpc) is 2.79. The summed E-state index contributed by atoms with van der Waals surface area (Å²) in [6.45, 7) is 4.76. The van der Waals surface area contributed by atoms with Crippen molar-refractivity contribution in [3.63, 3.8) is 0 Å². The van der Waals surface area contributed by atoms with E-state index in [-0.39, 0.29) is 18.2 Å². The molecule has 0 aromatic heterocycles. The van der Waals surface area contributed by atoms with Crippen LogP contribution in [0.5, 0.6) is 0 Å². The van der Waals surface area contributed by atoms with E-state index in [0.29, 0.717) is 5.92 Å². The summed E-state index contributed by atoms with van der Waals surface area (Å²) in [6.07, 6.45) is 2.97. The first-order valence-corrected chi connectivity index (χ1v) is 10.00. The molecule has 28 heavy (non-hydrogen) atoms. The Morgan fingerprint density at radius 3 is 1.89 bits per heavy atom. The summed E-state index contributed by atoms with van der Waals surface area (Å²) in [7, 11) is 0. The van der Waals surface area contributed by atoms with Crippen molar-refractivity contribution >= 4 is 0 Å². The summed E-state index contributed by atoms with van der Waals surface area (Å²) < 4.78 is 6.20. The smallest absolute Gasteiger partial charge is 0.0906 e. The van der Waals surface area contributed by atoms with Crippen LogP contribution in [0.15, 0.2) is 104 Å². The zero-order chi connectivity index (χ0) is 19.2. The van der Waals surface area contributed by atoms with Gasteiger partial charge in [-0.25, -0.2) is 0 Å². The van der Waals surface area contributed by atoms with Crippen molar-refractivity contribution in [2.45, 2.75) is 30.5 Å². The topological polar surface area (TPSA) is 21.3 Å². The van der Waals surface area contributed by atoms with Crippen molar-refractivity contribution in [2.24, 2.45) is 0 Å². The maximum absolute atomic E-state index is 6.20. The molecule has 4 rings (SSSR count). The van der Waals surface area contributed by atoms with Gasteiger partial charge in [0.25, 0.3) is 0 Å². The predicted molar refractivity (Wildman–Crippen MR) is 115 cm³/mol. The Labute approximate surface area is 167 Å². The van der Waals surface area contributed by atoms with Gasteiger partial charge in [0, 0.05) is 12.0 Å². The number of rotatable bonds is 6. The van der Waals surface area contributed by atoms with Gasteiger partial charge in [-0.3, -0.25) is 0 Å². The molecule has 2 heteroatoms. The highest BCUT2D eigenvalue weighted by Gasteiger charge is 2.32. The van der Waals surface area contributed by atoms with Crippen LogP contribution in [0, 0.1) is 0 Å². The second-order valence-corrected chi connectivity index (χ2v) is 7.40. The van der Waals surface area contributed by atoms with Crippen molar-refractivity contribution < 1.29 is 4.74 Å². The number of nitrogens with one attached hydrogen (secondary N) is 1. The van der Waals surface area contributed by atoms with Gasteiger partial charge >= 0.3 is 0 Å². The van der Waals surface area contributed by atoms with Crippen molar-refractivity contribution in [2.75, 3.05) is 6.61 Å². The second kappa shape index (κ2) is 9.01. The number of hydrogen-bond donors (Lipinski definition) is 1. The SMILES string of the molecule is C=C[C@H]1OC[C@@H](c2ccccc2)C[C@@H]1NC(c1ccccc1)c1ccccc1. The highest BCUT2D eigenvalue weighted by molar-refractivity contribution is 5.32. The van der Waals surface area contributed by atoms with E-state index in [0.717, 1.165) is 13.0 Å². The molecule has 1 saturated heterocycles. The van der Waals surface area contributed by atoms with Gasteiger partial charge in [0.1, 0.15) is 0 Å². The lowest BCUT2D eigenvalue weighted by Gasteiger charge is -2.38. The van der Waals surface area contributed by atoms with Crippen LogP contribution in [0.1, 0.15) is 35.1 Å². The Kier molecular flexibility index (Phi) is 6.01. The van der Waals surface area contributed by atoms with Crippen molar-refractivity contribution in [3.8, 4) is 0 Å². The van der Waals surface area contributed by atoms with Crippen LogP contribution in [0.3, 0.4) is 0 Å². The molecule has 1 heterocycles. The third kappa shape index (κ3) is 4.24. The summed E-state index contributed by atoms with van der Waals surface area (Å²) in [5.74, 6) is 0.391. The van der Waals surface area contributed by atoms with Crippen LogP contribution in [0.2, 0.25) is 0 Å². The Morgan fingerprint density at radius 1 is 0.821 bits per heavy atom. The first kappa shape index (κ1) is 18.7. The van der Waals surface area contributed by atoms with Crippen LogP contribution in [0.4, 0.5) is 0 Å². The maximum Gasteiger partial charge on any atom is 0.0906 e. The molecule has 3 aromatic rings. The van der Waals surface area contributed by atoms with E-state index in [4.69, 9.17) is 4.74 Å². The lowest BCUT2D eigenvalue weighted by Crippen LogP contribution is -2.47. The minimum absolute atomic E-state index is 0.00915. The standard InChI is InChI=1S/C26H27NO/c1-2-25-24(18-23(19-28-25)20-12-6-3-7-13-20)27-26(21-14-8-4-9-15-21)22-16-10-5-11-17-22/h2-17,23-27H,1,18-19H2/t23-,24-,25+/m0/s1. The fraction of sp³-hybridized carbons (Fsp3) is 0.231. The maximum atomic E-state index is 6.20. The van der Waals surface area contributed by atoms with Crippen molar-refractivity contribution in [3.05, 3.63) is 120 Å². The van der Waals surface area contributed by atoms with Crippen molar-refractivity contribution in [1.82, 2.24) is 5.32 Å². The molecule has 0 saturated carbocycles. The molecule has 2 nitrogen and oxygen atoms in total. The van der Waals surface area contributed by atoms with Gasteiger partial charge in [-0.1, -0.05) is 97.1 Å². The molecule has 1 N–H and O–H groups in total. The molecule has 0 aliphatic carbocycles. The van der Waals surface area contributed by atoms with E-state index >= 15 is 0 Å². The third-order valence-corrected chi connectivity index (χ3v) is 5.57. The van der Waals surface area contributed by atoms with Crippen LogP contribution >= 0.6 is 0 Å². The summed E-state index contributed by atoms with van der Waals surface area (Å²) in [6, 6.07) is 32.3. The Morgan fingerprint density at radius 2 is 1.36 bits per heavy atom. The molecule has 1 aliphatic rings. The van der Waals surface area contributed by atoms with E-state index in [2.05, 4.69) is 103 Å². The average molecular weight is 370 g/mol. The molecule has 3 atom stereocenters. The quantitative estimate of drug-likeness (QED) is 0.580. The molecule has 3 aromatic carbocycles. The van der Waals surface area contributed by atoms with E-state index in [1.807, 2.05) is 6.08 Å². The van der Waals surface area contributed by atoms with E-state index in [1.54, 1.807) is 0 Å². The molecule has 1 aliphatic heterocycles. The van der Waals surface area contributed by atoms with Crippen LogP contribution in [0.25, 0.3) is 0 Å². The predicted octanol–water partition coefficient (Wildman–Crippen LogP) is 5.49. The minimum atomic E-state index is 0.00915. The lowest BCUT2D eigenvalue weighted by molar-refractivity contribution is 0.00546. The van der Waals surface area contributed by atoms with Gasteiger partial charge in [-0.15, -0.1) is 6.58 Å². The Balaban J connectivity index is 1.61. The number of ether oxygens (including phenoxy) is 1. The zero-order valence-electron chi connectivity index (χ0n) is 16.1. The second-order valence-electron chi connectivity index (χ2n) is 7.40. The van der Waals surface area contributed by atoms with Crippen LogP contribution in [-0.2, 0) is 4.74 Å². The Hall–Kier alpha value is -2.68.